The maximum Gasteiger partial charge on any atom is 0.321 e. The average Bonchev–Trinajstić information content (AvgIpc) is 2.66. The first kappa shape index (κ1) is 17.2. The van der Waals surface area contributed by atoms with Crippen LogP contribution in [0.2, 0.25) is 0 Å². The molecule has 3 aliphatic rings. The molecular formula is C20H24N2O4. The van der Waals surface area contributed by atoms with E-state index in [-0.39, 0.29) is 24.5 Å². The summed E-state index contributed by atoms with van der Waals surface area (Å²) in [6.45, 7) is 2.44. The standard InChI is InChI=1S/C20H24N2O4/c1-2-26-18(25)20-10-6-9-19(16(23)22-17(20)24)12-21-14(11-15(19)20)13-7-4-3-5-8-13/h3-5,7-8,14-15,21H,2,6,9-12H2,1H3,(H,22,23,24)/t14-,15-,19+,20-/m0/s1. The summed E-state index contributed by atoms with van der Waals surface area (Å²) in [5, 5.41) is 5.98. The summed E-state index contributed by atoms with van der Waals surface area (Å²) in [6, 6.07) is 9.99. The van der Waals surface area contributed by atoms with Gasteiger partial charge in [0.15, 0.2) is 5.41 Å². The Morgan fingerprint density at radius 3 is 2.69 bits per heavy atom. The molecule has 4 rings (SSSR count). The van der Waals surface area contributed by atoms with E-state index in [0.717, 1.165) is 5.56 Å². The number of carbonyl (C=O) groups excluding carboxylic acids is 3. The third kappa shape index (κ3) is 2.24. The van der Waals surface area contributed by atoms with Crippen molar-refractivity contribution in [2.75, 3.05) is 13.2 Å². The van der Waals surface area contributed by atoms with Gasteiger partial charge < -0.3 is 10.1 Å². The molecule has 6 nitrogen and oxygen atoms in total. The van der Waals surface area contributed by atoms with Gasteiger partial charge in [0, 0.05) is 18.5 Å². The molecule has 1 aliphatic carbocycles. The first-order chi connectivity index (χ1) is 12.5. The van der Waals surface area contributed by atoms with Gasteiger partial charge >= 0.3 is 5.97 Å². The van der Waals surface area contributed by atoms with E-state index < -0.39 is 22.7 Å². The van der Waals surface area contributed by atoms with E-state index in [9.17, 15) is 14.4 Å². The highest BCUT2D eigenvalue weighted by molar-refractivity contribution is 6.13. The molecule has 0 spiro atoms. The number of esters is 1. The SMILES string of the molecule is CCOC(=O)[C@@]12CCC[C@]3(CN[C@H](c4ccccc4)C[C@@H]31)C(=O)NC2=O. The van der Waals surface area contributed by atoms with Crippen LogP contribution < -0.4 is 10.6 Å². The molecule has 1 saturated carbocycles. The molecule has 4 atom stereocenters. The summed E-state index contributed by atoms with van der Waals surface area (Å²) in [5.74, 6) is -1.54. The quantitative estimate of drug-likeness (QED) is 0.489. The van der Waals surface area contributed by atoms with Crippen LogP contribution in [-0.2, 0) is 19.1 Å². The van der Waals surface area contributed by atoms with Gasteiger partial charge in [0.2, 0.25) is 11.8 Å². The molecule has 2 amide bonds. The normalized spacial score (nSPS) is 36.0. The molecular weight excluding hydrogens is 332 g/mol. The van der Waals surface area contributed by atoms with Crippen LogP contribution in [0.5, 0.6) is 0 Å². The Hall–Kier alpha value is -2.21. The van der Waals surface area contributed by atoms with Crippen molar-refractivity contribution in [1.82, 2.24) is 10.6 Å². The molecule has 3 fully saturated rings. The minimum atomic E-state index is -1.25. The number of amides is 2. The van der Waals surface area contributed by atoms with Crippen molar-refractivity contribution in [2.24, 2.45) is 16.7 Å². The van der Waals surface area contributed by atoms with Crippen LogP contribution in [0.4, 0.5) is 0 Å². The second-order valence-corrected chi connectivity index (χ2v) is 7.62. The van der Waals surface area contributed by atoms with Crippen LogP contribution in [0.15, 0.2) is 30.3 Å². The number of rotatable bonds is 3. The lowest BCUT2D eigenvalue weighted by Crippen LogP contribution is -2.72. The van der Waals surface area contributed by atoms with Crippen LogP contribution in [0.1, 0.15) is 44.2 Å². The van der Waals surface area contributed by atoms with Crippen molar-refractivity contribution in [3.63, 3.8) is 0 Å². The van der Waals surface area contributed by atoms with E-state index in [4.69, 9.17) is 4.74 Å². The van der Waals surface area contributed by atoms with Gasteiger partial charge in [-0.3, -0.25) is 19.7 Å². The Morgan fingerprint density at radius 1 is 1.19 bits per heavy atom. The molecule has 2 aliphatic heterocycles. The van der Waals surface area contributed by atoms with Crippen LogP contribution >= 0.6 is 0 Å². The van der Waals surface area contributed by atoms with Crippen LogP contribution in [0, 0.1) is 16.7 Å². The lowest BCUT2D eigenvalue weighted by atomic mass is 9.48. The molecule has 26 heavy (non-hydrogen) atoms. The smallest absolute Gasteiger partial charge is 0.321 e. The van der Waals surface area contributed by atoms with Crippen molar-refractivity contribution in [3.05, 3.63) is 35.9 Å². The minimum absolute atomic E-state index is 0.0138. The Labute approximate surface area is 152 Å². The Balaban J connectivity index is 1.77. The van der Waals surface area contributed by atoms with E-state index >= 15 is 0 Å². The van der Waals surface area contributed by atoms with Crippen molar-refractivity contribution in [1.29, 1.82) is 0 Å². The second-order valence-electron chi connectivity index (χ2n) is 7.62. The van der Waals surface area contributed by atoms with E-state index in [1.165, 1.54) is 0 Å². The summed E-state index contributed by atoms with van der Waals surface area (Å²) in [4.78, 5) is 38.6. The van der Waals surface area contributed by atoms with E-state index in [2.05, 4.69) is 10.6 Å². The van der Waals surface area contributed by atoms with Gasteiger partial charge in [-0.2, -0.15) is 0 Å². The highest BCUT2D eigenvalue weighted by Gasteiger charge is 2.69. The molecule has 1 aromatic carbocycles. The first-order valence-electron chi connectivity index (χ1n) is 9.36. The lowest BCUT2D eigenvalue weighted by Gasteiger charge is -2.58. The van der Waals surface area contributed by atoms with Gasteiger partial charge in [-0.15, -0.1) is 0 Å². The molecule has 138 valence electrons. The van der Waals surface area contributed by atoms with Gasteiger partial charge in [-0.1, -0.05) is 36.8 Å². The molecule has 2 N–H and O–H groups in total. The molecule has 0 aromatic heterocycles. The number of imide groups is 1. The van der Waals surface area contributed by atoms with Gasteiger partial charge in [0.05, 0.1) is 12.0 Å². The molecule has 2 bridgehead atoms. The van der Waals surface area contributed by atoms with Gasteiger partial charge in [0.1, 0.15) is 0 Å². The monoisotopic (exact) mass is 356 g/mol. The highest BCUT2D eigenvalue weighted by Crippen LogP contribution is 2.59. The van der Waals surface area contributed by atoms with Gasteiger partial charge in [-0.05, 0) is 31.7 Å². The highest BCUT2D eigenvalue weighted by atomic mass is 16.5. The third-order valence-corrected chi connectivity index (χ3v) is 6.52. The summed E-state index contributed by atoms with van der Waals surface area (Å²) in [7, 11) is 0. The molecule has 2 heterocycles. The number of nitrogens with one attached hydrogen (secondary N) is 2. The zero-order valence-corrected chi connectivity index (χ0v) is 14.9. The van der Waals surface area contributed by atoms with Crippen molar-refractivity contribution >= 4 is 17.8 Å². The number of hydrogen-bond acceptors (Lipinski definition) is 5. The maximum atomic E-state index is 12.9. The predicted molar refractivity (Wildman–Crippen MR) is 93.8 cm³/mol. The number of piperidine rings is 2. The van der Waals surface area contributed by atoms with E-state index in [1.54, 1.807) is 6.92 Å². The topological polar surface area (TPSA) is 84.5 Å². The molecule has 2 saturated heterocycles. The zero-order valence-electron chi connectivity index (χ0n) is 14.9. The third-order valence-electron chi connectivity index (χ3n) is 6.52. The number of carbonyl (C=O) groups is 3. The van der Waals surface area contributed by atoms with Crippen molar-refractivity contribution in [3.8, 4) is 0 Å². The van der Waals surface area contributed by atoms with Crippen LogP contribution in [-0.4, -0.2) is 30.9 Å². The van der Waals surface area contributed by atoms with Gasteiger partial charge in [0.25, 0.3) is 0 Å². The lowest BCUT2D eigenvalue weighted by molar-refractivity contribution is -0.188. The predicted octanol–water partition coefficient (Wildman–Crippen LogP) is 1.71. The van der Waals surface area contributed by atoms with Gasteiger partial charge in [-0.25, -0.2) is 0 Å². The van der Waals surface area contributed by atoms with Crippen LogP contribution in [0.25, 0.3) is 0 Å². The minimum Gasteiger partial charge on any atom is -0.465 e. The summed E-state index contributed by atoms with van der Waals surface area (Å²) in [6.07, 6.45) is 2.37. The Kier molecular flexibility index (Phi) is 4.10. The fourth-order valence-corrected chi connectivity index (χ4v) is 5.26. The zero-order chi connectivity index (χ0) is 18.4. The summed E-state index contributed by atoms with van der Waals surface area (Å²) < 4.78 is 5.32. The van der Waals surface area contributed by atoms with Crippen LogP contribution in [0.3, 0.4) is 0 Å². The molecule has 1 aromatic rings. The molecule has 6 heteroatoms. The fourth-order valence-electron chi connectivity index (χ4n) is 5.26. The Morgan fingerprint density at radius 2 is 1.96 bits per heavy atom. The fraction of sp³-hybridized carbons (Fsp3) is 0.550. The largest absolute Gasteiger partial charge is 0.465 e. The summed E-state index contributed by atoms with van der Waals surface area (Å²) in [5.41, 5.74) is -0.862. The first-order valence-corrected chi connectivity index (χ1v) is 9.36. The van der Waals surface area contributed by atoms with E-state index in [0.29, 0.717) is 32.2 Å². The molecule has 0 unspecified atom stereocenters. The van der Waals surface area contributed by atoms with Crippen molar-refractivity contribution in [2.45, 2.75) is 38.6 Å². The summed E-state index contributed by atoms with van der Waals surface area (Å²) >= 11 is 0. The second kappa shape index (κ2) is 6.20. The van der Waals surface area contributed by atoms with E-state index in [1.807, 2.05) is 30.3 Å². The maximum absolute atomic E-state index is 12.9. The Bertz CT molecular complexity index is 749. The average molecular weight is 356 g/mol. The number of benzene rings is 1. The van der Waals surface area contributed by atoms with Crippen molar-refractivity contribution < 1.29 is 19.1 Å². The number of hydrogen-bond donors (Lipinski definition) is 2. The number of ether oxygens (including phenoxy) is 1. The molecule has 0 radical (unpaired) electrons.